The maximum absolute atomic E-state index is 12.4. The first-order valence-electron chi connectivity index (χ1n) is 13.0. The predicted molar refractivity (Wildman–Crippen MR) is 141 cm³/mol. The molecule has 0 aliphatic carbocycles. The summed E-state index contributed by atoms with van der Waals surface area (Å²) in [6.07, 6.45) is 5.31. The van der Waals surface area contributed by atoms with Crippen LogP contribution in [-0.4, -0.2) is 88.1 Å². The molecule has 37 heavy (non-hydrogen) atoms. The molecule has 4 rings (SSSR count). The van der Waals surface area contributed by atoms with Gasteiger partial charge in [0.05, 0.1) is 17.7 Å². The third-order valence-electron chi connectivity index (χ3n) is 6.88. The summed E-state index contributed by atoms with van der Waals surface area (Å²) in [5.74, 6) is 0.288. The van der Waals surface area contributed by atoms with Crippen LogP contribution in [0.4, 0.5) is 16.2 Å². The van der Waals surface area contributed by atoms with Crippen molar-refractivity contribution in [1.82, 2.24) is 19.6 Å². The first-order chi connectivity index (χ1) is 17.6. The summed E-state index contributed by atoms with van der Waals surface area (Å²) in [4.78, 5) is 30.4. The van der Waals surface area contributed by atoms with Crippen LogP contribution in [0.25, 0.3) is 11.1 Å². The number of nitro benzene ring substituents is 1. The monoisotopic (exact) mass is 514 g/mol. The Kier molecular flexibility index (Phi) is 7.91. The number of carbonyl (C=O) groups is 1. The second-order valence-electron chi connectivity index (χ2n) is 10.7. The van der Waals surface area contributed by atoms with Crippen LogP contribution in [0.3, 0.4) is 0 Å². The molecule has 11 heteroatoms. The highest BCUT2D eigenvalue weighted by Gasteiger charge is 2.32. The summed E-state index contributed by atoms with van der Waals surface area (Å²) in [6, 6.07) is 3.85. The van der Waals surface area contributed by atoms with Crippen molar-refractivity contribution in [3.63, 3.8) is 0 Å². The predicted octanol–water partition coefficient (Wildman–Crippen LogP) is 3.92. The summed E-state index contributed by atoms with van der Waals surface area (Å²) in [7, 11) is 1.83. The van der Waals surface area contributed by atoms with Crippen molar-refractivity contribution >= 4 is 17.5 Å². The zero-order chi connectivity index (χ0) is 26.7. The minimum atomic E-state index is -0.490. The van der Waals surface area contributed by atoms with Crippen LogP contribution >= 0.6 is 0 Å². The highest BCUT2D eigenvalue weighted by atomic mass is 16.6. The van der Waals surface area contributed by atoms with E-state index in [1.54, 1.807) is 21.8 Å². The van der Waals surface area contributed by atoms with Crippen LogP contribution in [0.15, 0.2) is 24.5 Å². The molecule has 2 fully saturated rings. The van der Waals surface area contributed by atoms with E-state index in [-0.39, 0.29) is 17.5 Å². The zero-order valence-corrected chi connectivity index (χ0v) is 22.5. The number of amides is 1. The van der Waals surface area contributed by atoms with E-state index in [0.29, 0.717) is 25.7 Å². The molecule has 1 amide bonds. The third kappa shape index (κ3) is 6.33. The average Bonchev–Trinajstić information content (AvgIpc) is 3.29. The number of rotatable bonds is 6. The number of benzene rings is 1. The van der Waals surface area contributed by atoms with Crippen molar-refractivity contribution in [2.45, 2.75) is 52.2 Å². The van der Waals surface area contributed by atoms with Crippen LogP contribution in [-0.2, 0) is 11.8 Å². The van der Waals surface area contributed by atoms with E-state index < -0.39 is 10.5 Å². The quantitative estimate of drug-likeness (QED) is 0.422. The molecular weight excluding hydrogens is 476 g/mol. The van der Waals surface area contributed by atoms with Gasteiger partial charge in [-0.25, -0.2) is 4.79 Å². The molecule has 0 bridgehead atoms. The normalized spacial score (nSPS) is 17.6. The molecule has 1 aromatic heterocycles. The van der Waals surface area contributed by atoms with Crippen LogP contribution in [0.5, 0.6) is 5.75 Å². The smallest absolute Gasteiger partial charge is 0.410 e. The van der Waals surface area contributed by atoms with Crippen LogP contribution in [0.2, 0.25) is 0 Å². The van der Waals surface area contributed by atoms with Crippen molar-refractivity contribution in [1.29, 1.82) is 0 Å². The van der Waals surface area contributed by atoms with E-state index in [4.69, 9.17) is 9.47 Å². The van der Waals surface area contributed by atoms with Gasteiger partial charge in [0.15, 0.2) is 5.75 Å². The van der Waals surface area contributed by atoms with Gasteiger partial charge in [0.1, 0.15) is 5.60 Å². The summed E-state index contributed by atoms with van der Waals surface area (Å²) in [6.45, 7) is 12.5. The van der Waals surface area contributed by atoms with E-state index in [9.17, 15) is 14.9 Å². The number of hydrogen-bond acceptors (Lipinski definition) is 8. The van der Waals surface area contributed by atoms with Crippen LogP contribution < -0.4 is 9.64 Å². The molecule has 11 nitrogen and oxygen atoms in total. The summed E-state index contributed by atoms with van der Waals surface area (Å²) >= 11 is 0. The number of aromatic nitrogens is 2. The van der Waals surface area contributed by atoms with E-state index in [2.05, 4.69) is 14.9 Å². The van der Waals surface area contributed by atoms with Crippen molar-refractivity contribution in [2.24, 2.45) is 7.05 Å². The fourth-order valence-corrected chi connectivity index (χ4v) is 5.09. The van der Waals surface area contributed by atoms with Gasteiger partial charge in [0, 0.05) is 87.5 Å². The molecule has 2 saturated heterocycles. The molecule has 0 N–H and O–H groups in total. The van der Waals surface area contributed by atoms with Gasteiger partial charge in [-0.1, -0.05) is 0 Å². The highest BCUT2D eigenvalue weighted by molar-refractivity contribution is 5.82. The zero-order valence-electron chi connectivity index (χ0n) is 22.5. The number of nitro groups is 1. The summed E-state index contributed by atoms with van der Waals surface area (Å²) < 4.78 is 12.9. The number of nitrogens with zero attached hydrogens (tertiary/aromatic N) is 6. The molecule has 0 radical (unpaired) electrons. The number of ether oxygens (including phenoxy) is 2. The minimum absolute atomic E-state index is 0.0396. The minimum Gasteiger partial charge on any atom is -0.487 e. The molecule has 0 atom stereocenters. The van der Waals surface area contributed by atoms with Gasteiger partial charge in [0.25, 0.3) is 0 Å². The number of piperazine rings is 1. The Labute approximate surface area is 218 Å². The lowest BCUT2D eigenvalue weighted by Gasteiger charge is -2.43. The highest BCUT2D eigenvalue weighted by Crippen LogP contribution is 2.41. The fraction of sp³-hybridized carbons (Fsp3) is 0.615. The number of carbonyl (C=O) groups excluding carboxylic acids is 1. The van der Waals surface area contributed by atoms with Gasteiger partial charge in [0.2, 0.25) is 0 Å². The maximum atomic E-state index is 12.4. The van der Waals surface area contributed by atoms with Gasteiger partial charge in [-0.05, 0) is 40.5 Å². The standard InChI is InChI=1S/C26H38N6O5/c1-6-36-24-16-22(21(15-23(24)32(34)35)19-17-27-28(5)18-19)30-9-7-20(8-10-30)29-11-13-31(14-12-29)25(33)37-26(2,3)4/h15-18,20H,6-14H2,1-5H3. The molecule has 1 aromatic carbocycles. The van der Waals surface area contributed by atoms with E-state index in [1.807, 2.05) is 47.0 Å². The van der Waals surface area contributed by atoms with Crippen molar-refractivity contribution in [2.75, 3.05) is 50.8 Å². The molecule has 0 saturated carbocycles. The number of aryl methyl sites for hydroxylation is 1. The van der Waals surface area contributed by atoms with Gasteiger partial charge in [-0.3, -0.25) is 19.7 Å². The van der Waals surface area contributed by atoms with Crippen LogP contribution in [0.1, 0.15) is 40.5 Å². The first-order valence-corrected chi connectivity index (χ1v) is 13.0. The van der Waals surface area contributed by atoms with Crippen molar-refractivity contribution < 1.29 is 19.2 Å². The Morgan fingerprint density at radius 1 is 1.14 bits per heavy atom. The Morgan fingerprint density at radius 2 is 1.81 bits per heavy atom. The second-order valence-corrected chi connectivity index (χ2v) is 10.7. The fourth-order valence-electron chi connectivity index (χ4n) is 5.09. The molecule has 2 aliphatic heterocycles. The van der Waals surface area contributed by atoms with Gasteiger partial charge >= 0.3 is 11.8 Å². The third-order valence-corrected chi connectivity index (χ3v) is 6.88. The molecule has 2 aromatic rings. The Bertz CT molecular complexity index is 1110. The summed E-state index contributed by atoms with van der Waals surface area (Å²) in [5, 5.41) is 16.1. The Hall–Kier alpha value is -3.34. The average molecular weight is 515 g/mol. The van der Waals surface area contributed by atoms with Crippen molar-refractivity contribution in [3.05, 3.63) is 34.6 Å². The lowest BCUT2D eigenvalue weighted by Crippen LogP contribution is -2.55. The second kappa shape index (κ2) is 11.0. The lowest BCUT2D eigenvalue weighted by molar-refractivity contribution is -0.385. The summed E-state index contributed by atoms with van der Waals surface area (Å²) in [5.41, 5.74) is 2.02. The molecule has 3 heterocycles. The number of hydrogen-bond donors (Lipinski definition) is 0. The SMILES string of the molecule is CCOc1cc(N2CCC(N3CCN(C(=O)OC(C)(C)C)CC3)CC2)c(-c2cnn(C)c2)cc1[N+](=O)[O-]. The first kappa shape index (κ1) is 26.7. The van der Waals surface area contributed by atoms with E-state index in [1.165, 1.54) is 0 Å². The van der Waals surface area contributed by atoms with Crippen molar-refractivity contribution in [3.8, 4) is 16.9 Å². The molecule has 202 valence electrons. The maximum Gasteiger partial charge on any atom is 0.410 e. The molecule has 0 spiro atoms. The van der Waals surface area contributed by atoms with E-state index >= 15 is 0 Å². The Balaban J connectivity index is 1.46. The molecular formula is C26H38N6O5. The number of piperidine rings is 1. The molecule has 2 aliphatic rings. The molecule has 0 unspecified atom stereocenters. The Morgan fingerprint density at radius 3 is 2.35 bits per heavy atom. The van der Waals surface area contributed by atoms with Gasteiger partial charge in [-0.15, -0.1) is 0 Å². The number of anilines is 1. The van der Waals surface area contributed by atoms with E-state index in [0.717, 1.165) is 55.8 Å². The van der Waals surface area contributed by atoms with Gasteiger partial charge in [-0.2, -0.15) is 5.10 Å². The topological polar surface area (TPSA) is 106 Å². The van der Waals surface area contributed by atoms with Crippen LogP contribution in [0, 0.1) is 10.1 Å². The van der Waals surface area contributed by atoms with Gasteiger partial charge < -0.3 is 19.3 Å². The largest absolute Gasteiger partial charge is 0.487 e. The lowest BCUT2D eigenvalue weighted by atomic mass is 9.98.